The maximum atomic E-state index is 12.8. The number of carbonyl (C=O) groups excluding carboxylic acids is 1. The average Bonchev–Trinajstić information content (AvgIpc) is 3.54. The van der Waals surface area contributed by atoms with E-state index in [4.69, 9.17) is 11.2 Å². The van der Waals surface area contributed by atoms with E-state index in [9.17, 15) is 4.79 Å². The molecule has 0 aromatic heterocycles. The Balaban J connectivity index is 1.31. The SMILES string of the molecule is C#CCCC1(CCC(=O)N(CC2Cc3ccccc3O2)C2CC2)N=N1. The summed E-state index contributed by atoms with van der Waals surface area (Å²) in [7, 11) is 0. The summed E-state index contributed by atoms with van der Waals surface area (Å²) in [6.45, 7) is 0.670. The maximum absolute atomic E-state index is 12.8. The Morgan fingerprint density at radius 2 is 2.12 bits per heavy atom. The molecule has 0 radical (unpaired) electrons. The van der Waals surface area contributed by atoms with Gasteiger partial charge in [0.2, 0.25) is 5.91 Å². The van der Waals surface area contributed by atoms with Crippen LogP contribution in [0.5, 0.6) is 5.75 Å². The van der Waals surface area contributed by atoms with Crippen LogP contribution in [0, 0.1) is 12.3 Å². The van der Waals surface area contributed by atoms with Gasteiger partial charge in [0.1, 0.15) is 11.9 Å². The molecule has 4 rings (SSSR count). The maximum Gasteiger partial charge on any atom is 0.223 e. The second kappa shape index (κ2) is 6.51. The van der Waals surface area contributed by atoms with Crippen molar-refractivity contribution < 1.29 is 9.53 Å². The topological polar surface area (TPSA) is 54.3 Å². The summed E-state index contributed by atoms with van der Waals surface area (Å²) in [5.41, 5.74) is 0.858. The number of nitrogens with zero attached hydrogens (tertiary/aromatic N) is 3. The molecule has 1 atom stereocenters. The molecule has 1 aliphatic carbocycles. The summed E-state index contributed by atoms with van der Waals surface area (Å²) in [6, 6.07) is 8.51. The number of benzene rings is 1. The predicted molar refractivity (Wildman–Crippen MR) is 94.2 cm³/mol. The zero-order valence-electron chi connectivity index (χ0n) is 14.4. The van der Waals surface area contributed by atoms with Gasteiger partial charge < -0.3 is 9.64 Å². The van der Waals surface area contributed by atoms with Crippen LogP contribution in [0.1, 0.15) is 44.1 Å². The lowest BCUT2D eigenvalue weighted by molar-refractivity contribution is -0.133. The number of carbonyl (C=O) groups is 1. The molecule has 25 heavy (non-hydrogen) atoms. The van der Waals surface area contributed by atoms with Gasteiger partial charge >= 0.3 is 0 Å². The highest BCUT2D eigenvalue weighted by Gasteiger charge is 2.41. The molecule has 130 valence electrons. The van der Waals surface area contributed by atoms with Crippen LogP contribution in [-0.4, -0.2) is 35.2 Å². The Labute approximate surface area is 148 Å². The van der Waals surface area contributed by atoms with Crippen molar-refractivity contribution in [2.24, 2.45) is 10.2 Å². The summed E-state index contributed by atoms with van der Waals surface area (Å²) in [5.74, 6) is 3.78. The molecule has 5 heteroatoms. The first kappa shape index (κ1) is 16.1. The minimum atomic E-state index is -0.378. The molecule has 1 amide bonds. The fourth-order valence-corrected chi connectivity index (χ4v) is 3.53. The summed E-state index contributed by atoms with van der Waals surface area (Å²) < 4.78 is 6.02. The number of terminal acetylenes is 1. The summed E-state index contributed by atoms with van der Waals surface area (Å²) in [4.78, 5) is 14.8. The summed E-state index contributed by atoms with van der Waals surface area (Å²) >= 11 is 0. The fourth-order valence-electron chi connectivity index (χ4n) is 3.53. The van der Waals surface area contributed by atoms with Crippen molar-refractivity contribution >= 4 is 5.91 Å². The standard InChI is InChI=1S/C20H23N3O2/c1-2-3-11-20(21-22-20)12-10-19(24)23(16-8-9-16)14-17-13-15-6-4-5-7-18(15)25-17/h1,4-7,16-17H,3,8-14H2. The number of hydrogen-bond donors (Lipinski definition) is 0. The van der Waals surface area contributed by atoms with Crippen molar-refractivity contribution in [3.05, 3.63) is 29.8 Å². The van der Waals surface area contributed by atoms with Gasteiger partial charge in [-0.05, 0) is 24.5 Å². The van der Waals surface area contributed by atoms with Gasteiger partial charge in [0, 0.05) is 38.1 Å². The van der Waals surface area contributed by atoms with Gasteiger partial charge in [0.25, 0.3) is 0 Å². The van der Waals surface area contributed by atoms with E-state index in [2.05, 4.69) is 22.2 Å². The van der Waals surface area contributed by atoms with E-state index >= 15 is 0 Å². The second-order valence-electron chi connectivity index (χ2n) is 7.22. The smallest absolute Gasteiger partial charge is 0.223 e. The molecule has 1 aromatic carbocycles. The molecule has 1 aromatic rings. The molecule has 0 spiro atoms. The van der Waals surface area contributed by atoms with Gasteiger partial charge in [-0.15, -0.1) is 12.3 Å². The van der Waals surface area contributed by atoms with Gasteiger partial charge in [-0.3, -0.25) is 4.79 Å². The van der Waals surface area contributed by atoms with E-state index in [1.807, 2.05) is 23.1 Å². The minimum Gasteiger partial charge on any atom is -0.488 e. The molecule has 0 saturated heterocycles. The first-order valence-corrected chi connectivity index (χ1v) is 9.11. The van der Waals surface area contributed by atoms with Crippen molar-refractivity contribution in [3.8, 4) is 18.1 Å². The third-order valence-corrected chi connectivity index (χ3v) is 5.21. The van der Waals surface area contributed by atoms with Crippen molar-refractivity contribution in [2.45, 2.75) is 62.8 Å². The predicted octanol–water partition coefficient (Wildman–Crippen LogP) is 3.34. The molecular weight excluding hydrogens is 314 g/mol. The molecule has 5 nitrogen and oxygen atoms in total. The molecule has 2 heterocycles. The lowest BCUT2D eigenvalue weighted by atomic mass is 10.0. The van der Waals surface area contributed by atoms with Crippen LogP contribution in [0.4, 0.5) is 0 Å². The van der Waals surface area contributed by atoms with Gasteiger partial charge in [-0.25, -0.2) is 0 Å². The van der Waals surface area contributed by atoms with Crippen molar-refractivity contribution in [1.29, 1.82) is 0 Å². The lowest BCUT2D eigenvalue weighted by Crippen LogP contribution is -2.41. The van der Waals surface area contributed by atoms with Crippen LogP contribution in [0.15, 0.2) is 34.5 Å². The van der Waals surface area contributed by atoms with Gasteiger partial charge in [-0.1, -0.05) is 18.2 Å². The number of hydrogen-bond acceptors (Lipinski definition) is 4. The number of amides is 1. The van der Waals surface area contributed by atoms with Gasteiger partial charge in [-0.2, -0.15) is 10.2 Å². The highest BCUT2D eigenvalue weighted by molar-refractivity contribution is 5.77. The zero-order chi connectivity index (χ0) is 17.3. The molecule has 1 unspecified atom stereocenters. The van der Waals surface area contributed by atoms with E-state index < -0.39 is 0 Å². The fraction of sp³-hybridized carbons (Fsp3) is 0.550. The van der Waals surface area contributed by atoms with Crippen LogP contribution >= 0.6 is 0 Å². The highest BCUT2D eigenvalue weighted by Crippen LogP contribution is 2.38. The zero-order valence-corrected chi connectivity index (χ0v) is 14.4. The molecule has 2 aliphatic heterocycles. The largest absolute Gasteiger partial charge is 0.488 e. The van der Waals surface area contributed by atoms with Gasteiger partial charge in [0.05, 0.1) is 6.54 Å². The lowest BCUT2D eigenvalue weighted by Gasteiger charge is -2.26. The number of ether oxygens (including phenoxy) is 1. The van der Waals surface area contributed by atoms with Crippen LogP contribution in [0.25, 0.3) is 0 Å². The number of para-hydroxylation sites is 1. The molecule has 0 bridgehead atoms. The van der Waals surface area contributed by atoms with E-state index in [1.165, 1.54) is 5.56 Å². The van der Waals surface area contributed by atoms with E-state index in [-0.39, 0.29) is 17.7 Å². The van der Waals surface area contributed by atoms with Crippen molar-refractivity contribution in [3.63, 3.8) is 0 Å². The van der Waals surface area contributed by atoms with Gasteiger partial charge in [0.15, 0.2) is 5.66 Å². The normalized spacial score (nSPS) is 22.0. The quantitative estimate of drug-likeness (QED) is 0.683. The van der Waals surface area contributed by atoms with E-state index in [0.717, 1.165) is 31.4 Å². The Bertz CT molecular complexity index is 702. The molecule has 1 fully saturated rings. The van der Waals surface area contributed by atoms with E-state index in [1.54, 1.807) is 0 Å². The first-order valence-electron chi connectivity index (χ1n) is 9.11. The molecule has 3 aliphatic rings. The Morgan fingerprint density at radius 1 is 1.32 bits per heavy atom. The van der Waals surface area contributed by atoms with Crippen LogP contribution in [0.2, 0.25) is 0 Å². The summed E-state index contributed by atoms with van der Waals surface area (Å²) in [5, 5.41) is 8.26. The minimum absolute atomic E-state index is 0.0626. The number of fused-ring (bicyclic) bond motifs is 1. The van der Waals surface area contributed by atoms with Crippen molar-refractivity contribution in [1.82, 2.24) is 4.90 Å². The molecular formula is C20H23N3O2. The van der Waals surface area contributed by atoms with Crippen molar-refractivity contribution in [2.75, 3.05) is 6.54 Å². The second-order valence-corrected chi connectivity index (χ2v) is 7.22. The first-order chi connectivity index (χ1) is 12.2. The Hall–Kier alpha value is -2.35. The summed E-state index contributed by atoms with van der Waals surface area (Å²) in [6.07, 6.45) is 11.0. The van der Waals surface area contributed by atoms with Crippen LogP contribution < -0.4 is 4.74 Å². The van der Waals surface area contributed by atoms with Crippen LogP contribution in [0.3, 0.4) is 0 Å². The van der Waals surface area contributed by atoms with Crippen LogP contribution in [-0.2, 0) is 11.2 Å². The third-order valence-electron chi connectivity index (χ3n) is 5.21. The Morgan fingerprint density at radius 3 is 2.80 bits per heavy atom. The molecule has 1 saturated carbocycles. The highest BCUT2D eigenvalue weighted by atomic mass is 16.5. The molecule has 0 N–H and O–H groups in total. The Kier molecular flexibility index (Phi) is 4.20. The monoisotopic (exact) mass is 337 g/mol. The number of rotatable bonds is 8. The third kappa shape index (κ3) is 3.68. The van der Waals surface area contributed by atoms with E-state index in [0.29, 0.717) is 31.8 Å². The average molecular weight is 337 g/mol.